The van der Waals surface area contributed by atoms with Gasteiger partial charge in [0.2, 0.25) is 15.9 Å². The first-order valence-electron chi connectivity index (χ1n) is 9.32. The average molecular weight is 462 g/mol. The van der Waals surface area contributed by atoms with Crippen LogP contribution in [-0.2, 0) is 26.0 Å². The largest absolute Gasteiger partial charge is 0.492 e. The number of nitrogens with one attached hydrogen (secondary N) is 2. The number of rotatable bonds is 9. The van der Waals surface area contributed by atoms with Crippen LogP contribution in [-0.4, -0.2) is 38.7 Å². The van der Waals surface area contributed by atoms with E-state index < -0.39 is 10.0 Å². The lowest BCUT2D eigenvalue weighted by atomic mass is 10.1. The van der Waals surface area contributed by atoms with Gasteiger partial charge in [-0.1, -0.05) is 23.7 Å². The third-order valence-corrected chi connectivity index (χ3v) is 6.00. The van der Waals surface area contributed by atoms with Crippen LogP contribution in [0.3, 0.4) is 0 Å². The number of aldehydes is 1. The van der Waals surface area contributed by atoms with Gasteiger partial charge in [-0.3, -0.25) is 4.79 Å². The fraction of sp³-hybridized carbons (Fsp3) is 0.190. The predicted octanol–water partition coefficient (Wildman–Crippen LogP) is 2.95. The monoisotopic (exact) mass is 461 g/mol. The molecule has 0 aliphatic heterocycles. The van der Waals surface area contributed by atoms with Crippen LogP contribution < -0.4 is 14.8 Å². The summed E-state index contributed by atoms with van der Waals surface area (Å²) in [7, 11) is -3.98. The highest BCUT2D eigenvalue weighted by Gasteiger charge is 2.20. The van der Waals surface area contributed by atoms with Crippen LogP contribution in [0.25, 0.3) is 10.9 Å². The molecule has 2 aromatic carbocycles. The smallest absolute Gasteiger partial charge is 0.244 e. The molecule has 2 N–H and O–H groups in total. The predicted molar refractivity (Wildman–Crippen MR) is 118 cm³/mol. The first kappa shape index (κ1) is 22.7. The summed E-state index contributed by atoms with van der Waals surface area (Å²) in [6.45, 7) is 1.15. The van der Waals surface area contributed by atoms with Crippen molar-refractivity contribution in [2.45, 2.75) is 18.2 Å². The van der Waals surface area contributed by atoms with Gasteiger partial charge < -0.3 is 14.8 Å². The number of aromatic nitrogens is 1. The van der Waals surface area contributed by atoms with E-state index in [1.807, 2.05) is 24.3 Å². The molecule has 10 heteroatoms. The van der Waals surface area contributed by atoms with Crippen LogP contribution in [0, 0.1) is 0 Å². The molecule has 0 aliphatic rings. The lowest BCUT2D eigenvalue weighted by Crippen LogP contribution is -2.26. The Balaban J connectivity index is 1.85. The number of ether oxygens (including phenoxy) is 1. The van der Waals surface area contributed by atoms with Crippen molar-refractivity contribution < 1.29 is 22.7 Å². The van der Waals surface area contributed by atoms with Gasteiger partial charge in [0.15, 0.2) is 0 Å². The molecule has 0 spiro atoms. The van der Waals surface area contributed by atoms with Crippen LogP contribution in [0.2, 0.25) is 5.15 Å². The van der Waals surface area contributed by atoms with Gasteiger partial charge >= 0.3 is 0 Å². The number of halogens is 1. The van der Waals surface area contributed by atoms with Crippen LogP contribution >= 0.6 is 11.6 Å². The van der Waals surface area contributed by atoms with Crippen molar-refractivity contribution in [3.63, 3.8) is 0 Å². The molecule has 0 radical (unpaired) electrons. The second-order valence-electron chi connectivity index (χ2n) is 6.58. The van der Waals surface area contributed by atoms with Crippen molar-refractivity contribution in [1.29, 1.82) is 0 Å². The number of anilines is 1. The molecule has 0 bridgehead atoms. The summed E-state index contributed by atoms with van der Waals surface area (Å²) in [6.07, 6.45) is 0.927. The summed E-state index contributed by atoms with van der Waals surface area (Å²) in [5.41, 5.74) is 2.10. The Morgan fingerprint density at radius 2 is 2.00 bits per heavy atom. The van der Waals surface area contributed by atoms with Crippen molar-refractivity contribution in [3.05, 3.63) is 59.2 Å². The minimum atomic E-state index is -3.98. The van der Waals surface area contributed by atoms with Gasteiger partial charge in [-0.15, -0.1) is 0 Å². The number of hydrogen-bond acceptors (Lipinski definition) is 6. The number of sulfonamides is 1. The number of hydrogen-bond donors (Lipinski definition) is 2. The third kappa shape index (κ3) is 5.78. The second-order valence-corrected chi connectivity index (χ2v) is 8.70. The number of nitrogens with zero attached hydrogens (tertiary/aromatic N) is 1. The molecule has 8 nitrogen and oxygen atoms in total. The molecule has 162 valence electrons. The summed E-state index contributed by atoms with van der Waals surface area (Å²) in [5.74, 6) is -0.242. The van der Waals surface area contributed by atoms with E-state index in [1.165, 1.54) is 25.1 Å². The van der Waals surface area contributed by atoms with Gasteiger partial charge in [0.1, 0.15) is 22.1 Å². The van der Waals surface area contributed by atoms with Crippen molar-refractivity contribution in [2.75, 3.05) is 18.5 Å². The molecule has 0 saturated heterocycles. The Hall–Kier alpha value is -3.01. The zero-order chi connectivity index (χ0) is 22.4. The van der Waals surface area contributed by atoms with Crippen LogP contribution in [0.4, 0.5) is 5.69 Å². The lowest BCUT2D eigenvalue weighted by Gasteiger charge is -2.14. The molecule has 31 heavy (non-hydrogen) atoms. The van der Waals surface area contributed by atoms with Gasteiger partial charge in [0.25, 0.3) is 0 Å². The highest BCUT2D eigenvalue weighted by Crippen LogP contribution is 2.28. The van der Waals surface area contributed by atoms with Crippen molar-refractivity contribution >= 4 is 50.4 Å². The van der Waals surface area contributed by atoms with Crippen molar-refractivity contribution in [3.8, 4) is 5.75 Å². The van der Waals surface area contributed by atoms with E-state index in [4.69, 9.17) is 16.3 Å². The molecule has 1 amide bonds. The van der Waals surface area contributed by atoms with Gasteiger partial charge in [0, 0.05) is 30.5 Å². The van der Waals surface area contributed by atoms with E-state index in [2.05, 4.69) is 15.0 Å². The second kappa shape index (κ2) is 9.86. The summed E-state index contributed by atoms with van der Waals surface area (Å²) >= 11 is 5.95. The summed E-state index contributed by atoms with van der Waals surface area (Å²) < 4.78 is 33.0. The highest BCUT2D eigenvalue weighted by atomic mass is 35.5. The highest BCUT2D eigenvalue weighted by molar-refractivity contribution is 7.89. The van der Waals surface area contributed by atoms with E-state index in [9.17, 15) is 18.0 Å². The molecule has 0 aliphatic carbocycles. The Morgan fingerprint density at radius 1 is 1.19 bits per heavy atom. The molecule has 3 aromatic rings. The number of carbonyl (C=O) groups excluding carboxylic acids is 2. The molecule has 3 rings (SSSR count). The molecule has 0 saturated carbocycles. The number of fused-ring (bicyclic) bond motifs is 1. The van der Waals surface area contributed by atoms with E-state index in [-0.39, 0.29) is 29.7 Å². The van der Waals surface area contributed by atoms with Gasteiger partial charge in [-0.2, -0.15) is 0 Å². The first-order valence-corrected chi connectivity index (χ1v) is 11.2. The molecule has 0 fully saturated rings. The fourth-order valence-corrected chi connectivity index (χ4v) is 4.26. The van der Waals surface area contributed by atoms with Crippen LogP contribution in [0.1, 0.15) is 12.5 Å². The number of amides is 1. The van der Waals surface area contributed by atoms with E-state index >= 15 is 0 Å². The summed E-state index contributed by atoms with van der Waals surface area (Å²) in [6, 6.07) is 13.4. The minimum absolute atomic E-state index is 0.0612. The molecular weight excluding hydrogens is 442 g/mol. The molecule has 1 heterocycles. The zero-order valence-electron chi connectivity index (χ0n) is 16.6. The summed E-state index contributed by atoms with van der Waals surface area (Å²) in [5, 5.41) is 3.91. The number of benzene rings is 2. The average Bonchev–Trinajstić information content (AvgIpc) is 2.71. The normalized spacial score (nSPS) is 11.3. The Labute approximate surface area is 184 Å². The molecule has 1 aromatic heterocycles. The molecular formula is C21H20ClN3O5S. The number of pyridine rings is 1. The Bertz CT molecular complexity index is 1230. The first-order chi connectivity index (χ1) is 14.8. The topological polar surface area (TPSA) is 114 Å². The Kier molecular flexibility index (Phi) is 7.21. The number of carbonyl (C=O) groups is 2. The molecule has 0 unspecified atom stereocenters. The van der Waals surface area contributed by atoms with E-state index in [1.54, 1.807) is 6.07 Å². The van der Waals surface area contributed by atoms with Crippen molar-refractivity contribution in [2.24, 2.45) is 0 Å². The maximum atomic E-state index is 12.5. The van der Waals surface area contributed by atoms with Crippen LogP contribution in [0.5, 0.6) is 5.75 Å². The Morgan fingerprint density at radius 3 is 2.74 bits per heavy atom. The SMILES string of the molecule is CC(=O)Nc1ccc(S(=O)(=O)NCC=O)c(OCCc2cccc3nc(Cl)ccc23)c1. The fourth-order valence-electron chi connectivity index (χ4n) is 3.03. The van der Waals surface area contributed by atoms with E-state index in [0.29, 0.717) is 23.5 Å². The van der Waals surface area contributed by atoms with Gasteiger partial charge in [-0.05, 0) is 35.9 Å². The minimum Gasteiger partial charge on any atom is -0.492 e. The standard InChI is InChI=1S/C21H20ClN3O5S/c1-14(27)24-16-5-7-20(31(28,29)23-10-11-26)19(13-16)30-12-9-15-3-2-4-18-17(15)6-8-21(22)25-18/h2-8,11,13,23H,9-10,12H2,1H3,(H,24,27). The maximum Gasteiger partial charge on any atom is 0.244 e. The lowest BCUT2D eigenvalue weighted by molar-refractivity contribution is -0.114. The van der Waals surface area contributed by atoms with Crippen molar-refractivity contribution in [1.82, 2.24) is 9.71 Å². The molecule has 0 atom stereocenters. The third-order valence-electron chi connectivity index (χ3n) is 4.33. The summed E-state index contributed by atoms with van der Waals surface area (Å²) in [4.78, 5) is 26.1. The van der Waals surface area contributed by atoms with Gasteiger partial charge in [0.05, 0.1) is 18.7 Å². The quantitative estimate of drug-likeness (QED) is 0.374. The maximum absolute atomic E-state index is 12.5. The van der Waals surface area contributed by atoms with E-state index in [0.717, 1.165) is 16.5 Å². The van der Waals surface area contributed by atoms with Gasteiger partial charge in [-0.25, -0.2) is 18.1 Å². The zero-order valence-corrected chi connectivity index (χ0v) is 18.2. The van der Waals surface area contributed by atoms with Crippen LogP contribution in [0.15, 0.2) is 53.4 Å².